The van der Waals surface area contributed by atoms with Gasteiger partial charge in [-0.05, 0) is 30.2 Å². The minimum Gasteiger partial charge on any atom is -0.313 e. The summed E-state index contributed by atoms with van der Waals surface area (Å²) in [6.45, 7) is 2.83. The van der Waals surface area contributed by atoms with Crippen molar-refractivity contribution in [2.45, 2.75) is 32.7 Å². The zero-order chi connectivity index (χ0) is 18.1. The second-order valence-electron chi connectivity index (χ2n) is 6.26. The van der Waals surface area contributed by atoms with Crippen molar-refractivity contribution in [2.24, 2.45) is 0 Å². The smallest absolute Gasteiger partial charge is 0.280 e. The molecule has 4 aromatic rings. The van der Waals surface area contributed by atoms with Crippen LogP contribution in [0.4, 0.5) is 0 Å². The van der Waals surface area contributed by atoms with Crippen molar-refractivity contribution < 1.29 is 0 Å². The summed E-state index contributed by atoms with van der Waals surface area (Å²) in [5, 5.41) is 13.6. The van der Waals surface area contributed by atoms with E-state index in [9.17, 15) is 4.79 Å². The van der Waals surface area contributed by atoms with E-state index < -0.39 is 0 Å². The standard InChI is InChI=1S/C19H18ClN5O/c1-2-3-4-10-24-11-9-16-17(19(24)26)22-23-18-15(12-21-25(16)18)13-5-7-14(20)8-6-13/h5-9,11-12H,2-4,10H2,1H3. The molecule has 0 bridgehead atoms. The Hall–Kier alpha value is -2.73. The third-order valence-corrected chi connectivity index (χ3v) is 4.74. The quantitative estimate of drug-likeness (QED) is 0.501. The molecule has 0 aliphatic heterocycles. The van der Waals surface area contributed by atoms with Gasteiger partial charge < -0.3 is 4.57 Å². The maximum absolute atomic E-state index is 12.7. The number of fused-ring (bicyclic) bond motifs is 3. The number of hydrogen-bond acceptors (Lipinski definition) is 4. The summed E-state index contributed by atoms with van der Waals surface area (Å²) in [6, 6.07) is 9.35. The van der Waals surface area contributed by atoms with Gasteiger partial charge in [-0.3, -0.25) is 4.79 Å². The number of aryl methyl sites for hydroxylation is 1. The summed E-state index contributed by atoms with van der Waals surface area (Å²) in [5.41, 5.74) is 3.28. The first-order chi connectivity index (χ1) is 12.7. The Kier molecular flexibility index (Phi) is 4.42. The number of benzene rings is 1. The first-order valence-electron chi connectivity index (χ1n) is 8.68. The molecule has 7 heteroatoms. The highest BCUT2D eigenvalue weighted by Crippen LogP contribution is 2.25. The van der Waals surface area contributed by atoms with Crippen molar-refractivity contribution in [3.8, 4) is 11.1 Å². The monoisotopic (exact) mass is 367 g/mol. The van der Waals surface area contributed by atoms with Gasteiger partial charge in [0.05, 0.1) is 6.20 Å². The predicted molar refractivity (Wildman–Crippen MR) is 103 cm³/mol. The lowest BCUT2D eigenvalue weighted by atomic mass is 10.1. The average Bonchev–Trinajstić information content (AvgIpc) is 3.09. The second kappa shape index (κ2) is 6.88. The highest BCUT2D eigenvalue weighted by molar-refractivity contribution is 6.30. The molecule has 3 aromatic heterocycles. The lowest BCUT2D eigenvalue weighted by Gasteiger charge is -2.07. The van der Waals surface area contributed by atoms with E-state index in [1.807, 2.05) is 36.5 Å². The van der Waals surface area contributed by atoms with E-state index in [1.165, 1.54) is 0 Å². The Morgan fingerprint density at radius 2 is 1.88 bits per heavy atom. The fraction of sp³-hybridized carbons (Fsp3) is 0.263. The first-order valence-corrected chi connectivity index (χ1v) is 9.06. The van der Waals surface area contributed by atoms with Gasteiger partial charge >= 0.3 is 0 Å². The summed E-state index contributed by atoms with van der Waals surface area (Å²) in [6.07, 6.45) is 6.73. The van der Waals surface area contributed by atoms with Gasteiger partial charge in [0.25, 0.3) is 5.56 Å². The van der Waals surface area contributed by atoms with Crippen molar-refractivity contribution in [2.75, 3.05) is 0 Å². The van der Waals surface area contributed by atoms with E-state index in [2.05, 4.69) is 22.2 Å². The Morgan fingerprint density at radius 3 is 2.65 bits per heavy atom. The summed E-state index contributed by atoms with van der Waals surface area (Å²) in [5.74, 6) is 0. The van der Waals surface area contributed by atoms with Gasteiger partial charge in [-0.25, -0.2) is 4.52 Å². The van der Waals surface area contributed by atoms with E-state index in [4.69, 9.17) is 11.6 Å². The van der Waals surface area contributed by atoms with Gasteiger partial charge in [0.15, 0.2) is 11.2 Å². The predicted octanol–water partition coefficient (Wildman–Crippen LogP) is 3.95. The molecule has 0 spiro atoms. The van der Waals surface area contributed by atoms with Crippen LogP contribution in [0.2, 0.25) is 5.02 Å². The molecule has 1 aromatic carbocycles. The number of pyridine rings is 1. The van der Waals surface area contributed by atoms with Crippen molar-refractivity contribution in [1.29, 1.82) is 0 Å². The Balaban J connectivity index is 1.82. The van der Waals surface area contributed by atoms with Gasteiger partial charge in [-0.1, -0.05) is 43.5 Å². The fourth-order valence-electron chi connectivity index (χ4n) is 3.07. The van der Waals surface area contributed by atoms with E-state index >= 15 is 0 Å². The van der Waals surface area contributed by atoms with Gasteiger partial charge in [0.2, 0.25) is 0 Å². The minimum absolute atomic E-state index is 0.128. The minimum atomic E-state index is -0.128. The van der Waals surface area contributed by atoms with Crippen LogP contribution < -0.4 is 5.56 Å². The van der Waals surface area contributed by atoms with Crippen molar-refractivity contribution in [3.63, 3.8) is 0 Å². The molecule has 0 fully saturated rings. The van der Waals surface area contributed by atoms with Crippen LogP contribution in [-0.2, 0) is 6.54 Å². The van der Waals surface area contributed by atoms with Gasteiger partial charge in [0, 0.05) is 23.3 Å². The number of halogens is 1. The number of unbranched alkanes of at least 4 members (excludes halogenated alkanes) is 2. The third kappa shape index (κ3) is 2.86. The average molecular weight is 368 g/mol. The maximum Gasteiger partial charge on any atom is 0.280 e. The van der Waals surface area contributed by atoms with Crippen LogP contribution in [0, 0.1) is 0 Å². The normalized spacial score (nSPS) is 11.5. The molecule has 0 saturated heterocycles. The third-order valence-electron chi connectivity index (χ3n) is 4.49. The molecule has 26 heavy (non-hydrogen) atoms. The SMILES string of the molecule is CCCCCn1ccc2c(nnc3c(-c4ccc(Cl)cc4)cnn32)c1=O. The molecule has 3 heterocycles. The number of rotatable bonds is 5. The van der Waals surface area contributed by atoms with Crippen molar-refractivity contribution in [1.82, 2.24) is 24.4 Å². The molecule has 0 N–H and O–H groups in total. The molecule has 0 saturated carbocycles. The molecule has 0 atom stereocenters. The molecule has 6 nitrogen and oxygen atoms in total. The van der Waals surface area contributed by atoms with Crippen LogP contribution in [-0.4, -0.2) is 24.4 Å². The molecule has 4 rings (SSSR count). The number of hydrogen-bond donors (Lipinski definition) is 0. The highest BCUT2D eigenvalue weighted by Gasteiger charge is 2.14. The summed E-state index contributed by atoms with van der Waals surface area (Å²) < 4.78 is 3.37. The van der Waals surface area contributed by atoms with Crippen molar-refractivity contribution in [3.05, 3.63) is 58.1 Å². The Labute approximate surface area is 155 Å². The molecule has 0 unspecified atom stereocenters. The molecule has 0 aliphatic rings. The van der Waals surface area contributed by atoms with Gasteiger partial charge in [-0.2, -0.15) is 5.10 Å². The molecular weight excluding hydrogens is 350 g/mol. The molecule has 0 radical (unpaired) electrons. The van der Waals surface area contributed by atoms with Gasteiger partial charge in [0.1, 0.15) is 5.52 Å². The van der Waals surface area contributed by atoms with Crippen LogP contribution >= 0.6 is 11.6 Å². The molecule has 0 amide bonds. The first kappa shape index (κ1) is 16.7. The zero-order valence-corrected chi connectivity index (χ0v) is 15.1. The molecular formula is C19H18ClN5O. The lowest BCUT2D eigenvalue weighted by molar-refractivity contribution is 0.589. The highest BCUT2D eigenvalue weighted by atomic mass is 35.5. The molecule has 132 valence electrons. The fourth-order valence-corrected chi connectivity index (χ4v) is 3.20. The van der Waals surface area contributed by atoms with Crippen LogP contribution in [0.15, 0.2) is 47.5 Å². The van der Waals surface area contributed by atoms with Crippen LogP contribution in [0.25, 0.3) is 27.8 Å². The topological polar surface area (TPSA) is 65.1 Å². The Bertz CT molecular complexity index is 1130. The van der Waals surface area contributed by atoms with E-state index in [-0.39, 0.29) is 5.56 Å². The van der Waals surface area contributed by atoms with Crippen LogP contribution in [0.1, 0.15) is 26.2 Å². The summed E-state index contributed by atoms with van der Waals surface area (Å²) in [7, 11) is 0. The number of nitrogens with zero attached hydrogens (tertiary/aromatic N) is 5. The van der Waals surface area contributed by atoms with Crippen molar-refractivity contribution >= 4 is 28.3 Å². The second-order valence-corrected chi connectivity index (χ2v) is 6.69. The maximum atomic E-state index is 12.7. The van der Waals surface area contributed by atoms with E-state index in [1.54, 1.807) is 15.3 Å². The van der Waals surface area contributed by atoms with Crippen LogP contribution in [0.5, 0.6) is 0 Å². The van der Waals surface area contributed by atoms with E-state index in [0.29, 0.717) is 28.2 Å². The Morgan fingerprint density at radius 1 is 1.08 bits per heavy atom. The number of aromatic nitrogens is 5. The lowest BCUT2D eigenvalue weighted by Crippen LogP contribution is -2.21. The van der Waals surface area contributed by atoms with E-state index in [0.717, 1.165) is 30.4 Å². The van der Waals surface area contributed by atoms with Gasteiger partial charge in [-0.15, -0.1) is 10.2 Å². The zero-order valence-electron chi connectivity index (χ0n) is 14.4. The summed E-state index contributed by atoms with van der Waals surface area (Å²) in [4.78, 5) is 12.7. The molecule has 0 aliphatic carbocycles. The summed E-state index contributed by atoms with van der Waals surface area (Å²) >= 11 is 5.96. The largest absolute Gasteiger partial charge is 0.313 e. The van der Waals surface area contributed by atoms with Crippen LogP contribution in [0.3, 0.4) is 0 Å².